The molecule has 1 fully saturated rings. The highest BCUT2D eigenvalue weighted by molar-refractivity contribution is 5.57. The summed E-state index contributed by atoms with van der Waals surface area (Å²) in [5.74, 6) is 2.64. The molecule has 2 N–H and O–H groups in total. The number of nitrogen functional groups attached to an aromatic ring is 1. The van der Waals surface area contributed by atoms with E-state index in [1.165, 1.54) is 19.5 Å². The summed E-state index contributed by atoms with van der Waals surface area (Å²) in [6.07, 6.45) is 2.83. The highest BCUT2D eigenvalue weighted by atomic mass is 15.2. The van der Waals surface area contributed by atoms with Crippen molar-refractivity contribution in [3.05, 3.63) is 11.9 Å². The van der Waals surface area contributed by atoms with Crippen molar-refractivity contribution in [2.24, 2.45) is 5.92 Å². The van der Waals surface area contributed by atoms with Gasteiger partial charge in [-0.1, -0.05) is 13.8 Å². The molecule has 1 aromatic rings. The monoisotopic (exact) mass is 263 g/mol. The summed E-state index contributed by atoms with van der Waals surface area (Å²) < 4.78 is 0. The first-order chi connectivity index (χ1) is 8.99. The van der Waals surface area contributed by atoms with E-state index in [4.69, 9.17) is 5.73 Å². The molecule has 0 radical (unpaired) electrons. The minimum atomic E-state index is 0.338. The van der Waals surface area contributed by atoms with Crippen LogP contribution in [0.2, 0.25) is 0 Å². The molecule has 0 bridgehead atoms. The van der Waals surface area contributed by atoms with Crippen molar-refractivity contribution >= 4 is 11.6 Å². The van der Waals surface area contributed by atoms with Crippen molar-refractivity contribution in [1.82, 2.24) is 14.9 Å². The number of aromatic nitrogens is 2. The van der Waals surface area contributed by atoms with Crippen LogP contribution in [-0.2, 0) is 0 Å². The second-order valence-electron chi connectivity index (χ2n) is 5.95. The zero-order valence-electron chi connectivity index (χ0n) is 12.4. The molecule has 0 amide bonds. The van der Waals surface area contributed by atoms with Gasteiger partial charge in [0, 0.05) is 25.7 Å². The molecule has 1 aliphatic rings. The first-order valence-corrected chi connectivity index (χ1v) is 6.99. The van der Waals surface area contributed by atoms with Gasteiger partial charge in [0.25, 0.3) is 0 Å². The van der Waals surface area contributed by atoms with Crippen LogP contribution in [-0.4, -0.2) is 48.6 Å². The van der Waals surface area contributed by atoms with E-state index in [-0.39, 0.29) is 0 Å². The summed E-state index contributed by atoms with van der Waals surface area (Å²) in [4.78, 5) is 13.2. The van der Waals surface area contributed by atoms with Gasteiger partial charge < -0.3 is 15.5 Å². The summed E-state index contributed by atoms with van der Waals surface area (Å²) >= 11 is 0. The maximum absolute atomic E-state index is 6.00. The predicted molar refractivity (Wildman–Crippen MR) is 79.4 cm³/mol. The zero-order valence-corrected chi connectivity index (χ0v) is 12.4. The number of hydrogen-bond acceptors (Lipinski definition) is 5. The van der Waals surface area contributed by atoms with E-state index >= 15 is 0 Å². The maximum atomic E-state index is 6.00. The molecular formula is C14H25N5. The van der Waals surface area contributed by atoms with Crippen LogP contribution in [0.3, 0.4) is 0 Å². The first kappa shape index (κ1) is 14.1. The Labute approximate surface area is 115 Å². The smallest absolute Gasteiger partial charge is 0.137 e. The molecule has 0 aromatic carbocycles. The van der Waals surface area contributed by atoms with Crippen molar-refractivity contribution in [1.29, 1.82) is 0 Å². The van der Waals surface area contributed by atoms with E-state index in [0.717, 1.165) is 17.9 Å². The summed E-state index contributed by atoms with van der Waals surface area (Å²) in [7, 11) is 4.29. The van der Waals surface area contributed by atoms with Crippen LogP contribution in [0, 0.1) is 5.92 Å². The van der Waals surface area contributed by atoms with Crippen LogP contribution in [0.1, 0.15) is 31.7 Å². The lowest BCUT2D eigenvalue weighted by Gasteiger charge is -2.25. The molecule has 1 aliphatic heterocycles. The van der Waals surface area contributed by atoms with Crippen molar-refractivity contribution in [2.75, 3.05) is 44.4 Å². The topological polar surface area (TPSA) is 58.3 Å². The Morgan fingerprint density at radius 3 is 2.79 bits per heavy atom. The molecule has 0 aliphatic carbocycles. The summed E-state index contributed by atoms with van der Waals surface area (Å²) in [5.41, 5.74) is 7.07. The van der Waals surface area contributed by atoms with E-state index in [2.05, 4.69) is 47.7 Å². The molecule has 1 unspecified atom stereocenters. The van der Waals surface area contributed by atoms with Gasteiger partial charge in [-0.25, -0.2) is 9.97 Å². The highest BCUT2D eigenvalue weighted by Gasteiger charge is 2.23. The number of nitrogens with zero attached hydrogens (tertiary/aromatic N) is 4. The fourth-order valence-corrected chi connectivity index (χ4v) is 2.91. The predicted octanol–water partition coefficient (Wildman–Crippen LogP) is 1.57. The molecule has 106 valence electrons. The fraction of sp³-hybridized carbons (Fsp3) is 0.714. The van der Waals surface area contributed by atoms with Crippen molar-refractivity contribution in [2.45, 2.75) is 26.2 Å². The normalized spacial score (nSPS) is 20.2. The second-order valence-corrected chi connectivity index (χ2v) is 5.95. The Kier molecular flexibility index (Phi) is 4.24. The molecule has 2 heterocycles. The number of anilines is 2. The average molecular weight is 263 g/mol. The standard InChI is InChI=1S/C14H25N5/c1-10(2)12-13(15)16-9-17-14(12)19(4)8-11-5-6-18(3)7-11/h9-11H,5-8H2,1-4H3,(H2,15,16,17). The third kappa shape index (κ3) is 3.15. The number of rotatable bonds is 4. The Bertz CT molecular complexity index is 432. The van der Waals surface area contributed by atoms with E-state index in [1.807, 2.05) is 0 Å². The van der Waals surface area contributed by atoms with E-state index < -0.39 is 0 Å². The van der Waals surface area contributed by atoms with Gasteiger partial charge in [0.05, 0.1) is 0 Å². The largest absolute Gasteiger partial charge is 0.383 e. The van der Waals surface area contributed by atoms with Gasteiger partial charge in [-0.2, -0.15) is 0 Å². The number of hydrogen-bond donors (Lipinski definition) is 1. The SMILES string of the molecule is CC(C)c1c(N)ncnc1N(C)CC1CCN(C)C1. The average Bonchev–Trinajstić information content (AvgIpc) is 2.73. The molecule has 5 nitrogen and oxygen atoms in total. The van der Waals surface area contributed by atoms with Crippen LogP contribution in [0.15, 0.2) is 6.33 Å². The van der Waals surface area contributed by atoms with E-state index in [9.17, 15) is 0 Å². The summed E-state index contributed by atoms with van der Waals surface area (Å²) in [6.45, 7) is 7.66. The quantitative estimate of drug-likeness (QED) is 0.893. The van der Waals surface area contributed by atoms with Crippen LogP contribution in [0.5, 0.6) is 0 Å². The van der Waals surface area contributed by atoms with Crippen molar-refractivity contribution in [3.8, 4) is 0 Å². The fourth-order valence-electron chi connectivity index (χ4n) is 2.91. The summed E-state index contributed by atoms with van der Waals surface area (Å²) in [5, 5.41) is 0. The molecule has 1 atom stereocenters. The van der Waals surface area contributed by atoms with Crippen LogP contribution in [0.4, 0.5) is 11.6 Å². The third-order valence-corrected chi connectivity index (χ3v) is 3.85. The lowest BCUT2D eigenvalue weighted by atomic mass is 10.0. The Morgan fingerprint density at radius 2 is 2.21 bits per heavy atom. The van der Waals surface area contributed by atoms with E-state index in [0.29, 0.717) is 17.7 Å². The molecule has 1 aromatic heterocycles. The highest BCUT2D eigenvalue weighted by Crippen LogP contribution is 2.29. The maximum Gasteiger partial charge on any atom is 0.137 e. The third-order valence-electron chi connectivity index (χ3n) is 3.85. The number of likely N-dealkylation sites (tertiary alicyclic amines) is 1. The minimum absolute atomic E-state index is 0.338. The van der Waals surface area contributed by atoms with Crippen molar-refractivity contribution in [3.63, 3.8) is 0 Å². The van der Waals surface area contributed by atoms with E-state index in [1.54, 1.807) is 6.33 Å². The van der Waals surface area contributed by atoms with Crippen LogP contribution >= 0.6 is 0 Å². The zero-order chi connectivity index (χ0) is 14.0. The van der Waals surface area contributed by atoms with Gasteiger partial charge in [-0.3, -0.25) is 0 Å². The van der Waals surface area contributed by atoms with Gasteiger partial charge in [0.2, 0.25) is 0 Å². The van der Waals surface area contributed by atoms with Crippen LogP contribution in [0.25, 0.3) is 0 Å². The first-order valence-electron chi connectivity index (χ1n) is 6.99. The molecule has 0 spiro atoms. The molecular weight excluding hydrogens is 238 g/mol. The lowest BCUT2D eigenvalue weighted by molar-refractivity contribution is 0.395. The minimum Gasteiger partial charge on any atom is -0.383 e. The molecule has 2 rings (SSSR count). The van der Waals surface area contributed by atoms with Gasteiger partial charge in [-0.15, -0.1) is 0 Å². The van der Waals surface area contributed by atoms with Gasteiger partial charge in [0.1, 0.15) is 18.0 Å². The Balaban J connectivity index is 2.14. The second kappa shape index (κ2) is 5.74. The Morgan fingerprint density at radius 1 is 1.47 bits per heavy atom. The lowest BCUT2D eigenvalue weighted by Crippen LogP contribution is -2.29. The Hall–Kier alpha value is -1.36. The molecule has 0 saturated carbocycles. The van der Waals surface area contributed by atoms with Crippen molar-refractivity contribution < 1.29 is 0 Å². The molecule has 5 heteroatoms. The molecule has 1 saturated heterocycles. The van der Waals surface area contributed by atoms with Gasteiger partial charge >= 0.3 is 0 Å². The van der Waals surface area contributed by atoms with Gasteiger partial charge in [-0.05, 0) is 31.8 Å². The van der Waals surface area contributed by atoms with Gasteiger partial charge in [0.15, 0.2) is 0 Å². The molecule has 19 heavy (non-hydrogen) atoms. The van der Waals surface area contributed by atoms with Crippen LogP contribution < -0.4 is 10.6 Å². The number of nitrogens with two attached hydrogens (primary N) is 1. The summed E-state index contributed by atoms with van der Waals surface area (Å²) in [6, 6.07) is 0.